The van der Waals surface area contributed by atoms with Crippen LogP contribution in [0.25, 0.3) is 0 Å². The maximum Gasteiger partial charge on any atom is 0.274 e. The summed E-state index contributed by atoms with van der Waals surface area (Å²) in [5.41, 5.74) is 1.89. The molecule has 2 aromatic rings. The molecule has 124 valence electrons. The van der Waals surface area contributed by atoms with Crippen molar-refractivity contribution < 1.29 is 9.59 Å². The Morgan fingerprint density at radius 1 is 1.21 bits per heavy atom. The van der Waals surface area contributed by atoms with E-state index in [1.54, 1.807) is 26.9 Å². The van der Waals surface area contributed by atoms with Gasteiger partial charge in [-0.05, 0) is 13.3 Å². The molecule has 4 heterocycles. The number of likely N-dealkylation sites (tertiary alicyclic amines) is 1. The molecule has 2 atom stereocenters. The van der Waals surface area contributed by atoms with Crippen molar-refractivity contribution in [1.82, 2.24) is 24.6 Å². The number of carbonyl (C=O) groups excluding carboxylic acids is 2. The van der Waals surface area contributed by atoms with E-state index in [1.807, 2.05) is 20.2 Å². The predicted octanol–water partition coefficient (Wildman–Crippen LogP) is 0.539. The molecule has 8 nitrogen and oxygen atoms in total. The monoisotopic (exact) mass is 326 g/mol. The highest BCUT2D eigenvalue weighted by Gasteiger charge is 2.49. The Morgan fingerprint density at radius 2 is 2.04 bits per heavy atom. The molecule has 0 aromatic carbocycles. The van der Waals surface area contributed by atoms with Crippen LogP contribution in [0.15, 0.2) is 24.8 Å². The van der Waals surface area contributed by atoms with Gasteiger partial charge in [-0.3, -0.25) is 19.3 Å². The Morgan fingerprint density at radius 3 is 2.71 bits per heavy atom. The number of rotatable bonds is 2. The molecule has 0 bridgehead atoms. The number of nitrogens with zero attached hydrogens (tertiary/aromatic N) is 6. The van der Waals surface area contributed by atoms with E-state index in [1.165, 1.54) is 6.20 Å². The number of fused-ring (bicyclic) bond motifs is 1. The van der Waals surface area contributed by atoms with E-state index in [2.05, 4.69) is 15.1 Å². The van der Waals surface area contributed by atoms with E-state index < -0.39 is 0 Å². The van der Waals surface area contributed by atoms with Crippen LogP contribution in [0.3, 0.4) is 0 Å². The van der Waals surface area contributed by atoms with E-state index >= 15 is 0 Å². The lowest BCUT2D eigenvalue weighted by Crippen LogP contribution is -2.40. The fraction of sp³-hybridized carbons (Fsp3) is 0.438. The number of aryl methyl sites for hydroxylation is 2. The highest BCUT2D eigenvalue weighted by molar-refractivity contribution is 5.99. The molecule has 2 aliphatic heterocycles. The SMILES string of the molecule is Cc1cnc(C(=O)N2CC[C@@H]3[C@@H]2CC(=O)N3c2cnn(C)c2)cn1. The third kappa shape index (κ3) is 2.26. The first-order valence-electron chi connectivity index (χ1n) is 7.95. The molecule has 0 radical (unpaired) electrons. The first kappa shape index (κ1) is 14.8. The van der Waals surface area contributed by atoms with Crippen molar-refractivity contribution in [1.29, 1.82) is 0 Å². The van der Waals surface area contributed by atoms with Crippen molar-refractivity contribution in [3.05, 3.63) is 36.2 Å². The van der Waals surface area contributed by atoms with Gasteiger partial charge in [-0.1, -0.05) is 0 Å². The van der Waals surface area contributed by atoms with Gasteiger partial charge in [-0.2, -0.15) is 5.10 Å². The van der Waals surface area contributed by atoms with Crippen molar-refractivity contribution in [3.63, 3.8) is 0 Å². The Kier molecular flexibility index (Phi) is 3.33. The van der Waals surface area contributed by atoms with Crippen LogP contribution in [0.5, 0.6) is 0 Å². The Balaban J connectivity index is 1.58. The highest BCUT2D eigenvalue weighted by atomic mass is 16.2. The van der Waals surface area contributed by atoms with Crippen LogP contribution in [-0.4, -0.2) is 55.1 Å². The van der Waals surface area contributed by atoms with Crippen molar-refractivity contribution >= 4 is 17.5 Å². The number of anilines is 1. The topological polar surface area (TPSA) is 84.2 Å². The second-order valence-electron chi connectivity index (χ2n) is 6.31. The molecule has 0 aliphatic carbocycles. The van der Waals surface area contributed by atoms with Crippen LogP contribution in [0, 0.1) is 6.92 Å². The van der Waals surface area contributed by atoms with E-state index in [0.29, 0.717) is 18.7 Å². The third-order valence-electron chi connectivity index (χ3n) is 4.72. The summed E-state index contributed by atoms with van der Waals surface area (Å²) in [6.07, 6.45) is 7.70. The smallest absolute Gasteiger partial charge is 0.274 e. The van der Waals surface area contributed by atoms with Gasteiger partial charge in [0.2, 0.25) is 5.91 Å². The normalized spacial score (nSPS) is 23.0. The van der Waals surface area contributed by atoms with Gasteiger partial charge in [0.25, 0.3) is 5.91 Å². The minimum atomic E-state index is -0.157. The lowest BCUT2D eigenvalue weighted by Gasteiger charge is -2.24. The second kappa shape index (κ2) is 5.40. The first-order chi connectivity index (χ1) is 11.5. The summed E-state index contributed by atoms with van der Waals surface area (Å²) in [7, 11) is 1.82. The van der Waals surface area contributed by atoms with Gasteiger partial charge in [0.15, 0.2) is 0 Å². The molecule has 2 amide bonds. The number of carbonyl (C=O) groups is 2. The van der Waals surface area contributed by atoms with E-state index in [9.17, 15) is 9.59 Å². The molecule has 8 heteroatoms. The van der Waals surface area contributed by atoms with Crippen molar-refractivity contribution in [2.24, 2.45) is 7.05 Å². The van der Waals surface area contributed by atoms with E-state index in [0.717, 1.165) is 17.8 Å². The molecule has 2 saturated heterocycles. The summed E-state index contributed by atoms with van der Waals surface area (Å²) in [4.78, 5) is 37.1. The van der Waals surface area contributed by atoms with Crippen LogP contribution in [0.4, 0.5) is 5.69 Å². The van der Waals surface area contributed by atoms with Gasteiger partial charge in [0.05, 0.1) is 35.9 Å². The highest BCUT2D eigenvalue weighted by Crippen LogP contribution is 2.36. The average Bonchev–Trinajstić information content (AvgIpc) is 3.22. The predicted molar refractivity (Wildman–Crippen MR) is 85.3 cm³/mol. The Hall–Kier alpha value is -2.77. The first-order valence-corrected chi connectivity index (χ1v) is 7.95. The van der Waals surface area contributed by atoms with Crippen LogP contribution in [0.2, 0.25) is 0 Å². The number of hydrogen-bond acceptors (Lipinski definition) is 5. The molecule has 2 aromatic heterocycles. The van der Waals surface area contributed by atoms with Crippen molar-refractivity contribution in [2.45, 2.75) is 31.8 Å². The van der Waals surface area contributed by atoms with E-state index in [-0.39, 0.29) is 23.9 Å². The summed E-state index contributed by atoms with van der Waals surface area (Å²) in [6, 6.07) is -0.114. The molecule has 24 heavy (non-hydrogen) atoms. The van der Waals surface area contributed by atoms with E-state index in [4.69, 9.17) is 0 Å². The zero-order valence-electron chi connectivity index (χ0n) is 13.6. The molecule has 2 fully saturated rings. The van der Waals surface area contributed by atoms with Crippen molar-refractivity contribution in [2.75, 3.05) is 11.4 Å². The summed E-state index contributed by atoms with van der Waals surface area (Å²) in [5, 5.41) is 4.14. The number of aromatic nitrogens is 4. The summed E-state index contributed by atoms with van der Waals surface area (Å²) in [6.45, 7) is 2.45. The molecular formula is C16H18N6O2. The van der Waals surface area contributed by atoms with Gasteiger partial charge < -0.3 is 9.80 Å². The average molecular weight is 326 g/mol. The van der Waals surface area contributed by atoms with Gasteiger partial charge in [-0.25, -0.2) is 4.98 Å². The Bertz CT molecular complexity index is 799. The lowest BCUT2D eigenvalue weighted by atomic mass is 10.1. The molecule has 0 saturated carbocycles. The molecular weight excluding hydrogens is 308 g/mol. The van der Waals surface area contributed by atoms with Crippen molar-refractivity contribution in [3.8, 4) is 0 Å². The van der Waals surface area contributed by atoms with Gasteiger partial charge in [0, 0.05) is 32.4 Å². The minimum absolute atomic E-state index is 0.00376. The maximum absolute atomic E-state index is 12.7. The van der Waals surface area contributed by atoms with Gasteiger partial charge >= 0.3 is 0 Å². The van der Waals surface area contributed by atoms with Crippen LogP contribution < -0.4 is 4.90 Å². The largest absolute Gasteiger partial charge is 0.332 e. The zero-order valence-corrected chi connectivity index (χ0v) is 13.6. The molecule has 2 aliphatic rings. The van der Waals surface area contributed by atoms with Gasteiger partial charge in [0.1, 0.15) is 5.69 Å². The van der Waals surface area contributed by atoms with Crippen LogP contribution in [-0.2, 0) is 11.8 Å². The maximum atomic E-state index is 12.7. The summed E-state index contributed by atoms with van der Waals surface area (Å²) in [5.74, 6) is -0.124. The molecule has 0 N–H and O–H groups in total. The van der Waals surface area contributed by atoms with Gasteiger partial charge in [-0.15, -0.1) is 0 Å². The van der Waals surface area contributed by atoms with Crippen LogP contribution in [0.1, 0.15) is 29.0 Å². The molecule has 4 rings (SSSR count). The zero-order chi connectivity index (χ0) is 16.8. The molecule has 0 spiro atoms. The standard InChI is InChI=1S/C16H18N6O2/c1-10-6-18-12(8-17-10)16(24)21-4-3-13-14(21)5-15(23)22(13)11-7-19-20(2)9-11/h6-9,13-14H,3-5H2,1-2H3/t13-,14+/m1/s1. The fourth-order valence-corrected chi connectivity index (χ4v) is 3.62. The number of hydrogen-bond donors (Lipinski definition) is 0. The number of amides is 2. The molecule has 0 unspecified atom stereocenters. The second-order valence-corrected chi connectivity index (χ2v) is 6.31. The minimum Gasteiger partial charge on any atom is -0.332 e. The summed E-state index contributed by atoms with van der Waals surface area (Å²) >= 11 is 0. The fourth-order valence-electron chi connectivity index (χ4n) is 3.62. The third-order valence-corrected chi connectivity index (χ3v) is 4.72. The quantitative estimate of drug-likeness (QED) is 0.804. The van der Waals surface area contributed by atoms with Crippen LogP contribution >= 0.6 is 0 Å². The Labute approximate surface area is 139 Å². The lowest BCUT2D eigenvalue weighted by molar-refractivity contribution is -0.117. The summed E-state index contributed by atoms with van der Waals surface area (Å²) < 4.78 is 1.68.